The summed E-state index contributed by atoms with van der Waals surface area (Å²) in [4.78, 5) is 30.6. The Morgan fingerprint density at radius 3 is 2.52 bits per heavy atom. The lowest BCUT2D eigenvalue weighted by Gasteiger charge is -2.33. The second kappa shape index (κ2) is 8.94. The standard InChI is InChI=1S/C22H27N3O4/c1-22(2,3)29-21(27)25-13-10-17(11-14-25)24-20(26)16-7-6-8-18(15-16)28-19-9-4-5-12-23-19/h4-9,12,15,17H,10-11,13-14H2,1-3H3,(H,24,26). The van der Waals surface area contributed by atoms with Crippen LogP contribution < -0.4 is 10.1 Å². The van der Waals surface area contributed by atoms with Crippen LogP contribution in [0.15, 0.2) is 48.7 Å². The first-order valence-corrected chi connectivity index (χ1v) is 9.78. The molecule has 2 aromatic rings. The minimum Gasteiger partial charge on any atom is -0.444 e. The molecule has 0 saturated carbocycles. The van der Waals surface area contributed by atoms with Crippen LogP contribution in [0.4, 0.5) is 4.79 Å². The smallest absolute Gasteiger partial charge is 0.410 e. The minimum atomic E-state index is -0.509. The molecule has 1 aromatic heterocycles. The average Bonchev–Trinajstić information content (AvgIpc) is 2.68. The maximum atomic E-state index is 12.6. The fraction of sp³-hybridized carbons (Fsp3) is 0.409. The molecule has 0 unspecified atom stereocenters. The molecular formula is C22H27N3O4. The third-order valence-corrected chi connectivity index (χ3v) is 4.44. The largest absolute Gasteiger partial charge is 0.444 e. The lowest BCUT2D eigenvalue weighted by Crippen LogP contribution is -2.47. The summed E-state index contributed by atoms with van der Waals surface area (Å²) in [6.45, 7) is 6.67. The van der Waals surface area contributed by atoms with Gasteiger partial charge in [-0.05, 0) is 57.9 Å². The summed E-state index contributed by atoms with van der Waals surface area (Å²) in [6, 6.07) is 12.4. The van der Waals surface area contributed by atoms with Crippen molar-refractivity contribution < 1.29 is 19.1 Å². The van der Waals surface area contributed by atoms with Crippen LogP contribution in [-0.2, 0) is 4.74 Å². The van der Waals surface area contributed by atoms with Gasteiger partial charge in [0.25, 0.3) is 5.91 Å². The summed E-state index contributed by atoms with van der Waals surface area (Å²) in [7, 11) is 0. The van der Waals surface area contributed by atoms with Crippen molar-refractivity contribution in [3.05, 3.63) is 54.2 Å². The molecule has 3 rings (SSSR count). The highest BCUT2D eigenvalue weighted by molar-refractivity contribution is 5.94. The van der Waals surface area contributed by atoms with E-state index >= 15 is 0 Å². The van der Waals surface area contributed by atoms with Crippen molar-refractivity contribution in [3.63, 3.8) is 0 Å². The quantitative estimate of drug-likeness (QED) is 0.843. The molecule has 1 aliphatic heterocycles. The van der Waals surface area contributed by atoms with Gasteiger partial charge in [0.05, 0.1) is 0 Å². The molecule has 154 valence electrons. The number of benzene rings is 1. The molecule has 2 heterocycles. The Balaban J connectivity index is 1.52. The van der Waals surface area contributed by atoms with Gasteiger partial charge in [0.1, 0.15) is 11.4 Å². The Morgan fingerprint density at radius 1 is 1.10 bits per heavy atom. The first-order chi connectivity index (χ1) is 13.8. The van der Waals surface area contributed by atoms with E-state index in [9.17, 15) is 9.59 Å². The maximum Gasteiger partial charge on any atom is 0.410 e. The Bertz CT molecular complexity index is 841. The molecule has 0 aliphatic carbocycles. The molecule has 1 aliphatic rings. The Hall–Kier alpha value is -3.09. The van der Waals surface area contributed by atoms with E-state index in [0.717, 1.165) is 0 Å². The van der Waals surface area contributed by atoms with E-state index in [-0.39, 0.29) is 18.0 Å². The summed E-state index contributed by atoms with van der Waals surface area (Å²) in [5.74, 6) is 0.864. The highest BCUT2D eigenvalue weighted by atomic mass is 16.6. The van der Waals surface area contributed by atoms with Crippen LogP contribution in [0.25, 0.3) is 0 Å². The molecule has 0 radical (unpaired) electrons. The van der Waals surface area contributed by atoms with E-state index in [1.54, 1.807) is 41.4 Å². The van der Waals surface area contributed by atoms with Crippen molar-refractivity contribution in [2.45, 2.75) is 45.3 Å². The number of nitrogens with zero attached hydrogens (tertiary/aromatic N) is 2. The number of hydrogen-bond donors (Lipinski definition) is 1. The van der Waals surface area contributed by atoms with Gasteiger partial charge in [-0.15, -0.1) is 0 Å². The lowest BCUT2D eigenvalue weighted by molar-refractivity contribution is 0.0199. The van der Waals surface area contributed by atoms with Gasteiger partial charge in [-0.3, -0.25) is 4.79 Å². The first-order valence-electron chi connectivity index (χ1n) is 9.78. The molecule has 0 bridgehead atoms. The van der Waals surface area contributed by atoms with Crippen molar-refractivity contribution in [1.82, 2.24) is 15.2 Å². The molecule has 1 aromatic carbocycles. The van der Waals surface area contributed by atoms with E-state index < -0.39 is 5.60 Å². The molecule has 1 N–H and O–H groups in total. The van der Waals surface area contributed by atoms with Gasteiger partial charge >= 0.3 is 6.09 Å². The maximum absolute atomic E-state index is 12.6. The van der Waals surface area contributed by atoms with Crippen molar-refractivity contribution in [3.8, 4) is 11.6 Å². The highest BCUT2D eigenvalue weighted by Gasteiger charge is 2.27. The first kappa shape index (κ1) is 20.6. The zero-order valence-corrected chi connectivity index (χ0v) is 17.1. The van der Waals surface area contributed by atoms with Gasteiger partial charge in [-0.25, -0.2) is 9.78 Å². The van der Waals surface area contributed by atoms with Gasteiger partial charge in [0.2, 0.25) is 5.88 Å². The van der Waals surface area contributed by atoms with Crippen molar-refractivity contribution in [1.29, 1.82) is 0 Å². The number of rotatable bonds is 4. The number of piperidine rings is 1. The second-order valence-electron chi connectivity index (χ2n) is 8.01. The van der Waals surface area contributed by atoms with E-state index in [0.29, 0.717) is 43.1 Å². The van der Waals surface area contributed by atoms with E-state index in [1.165, 1.54) is 0 Å². The fourth-order valence-electron chi connectivity index (χ4n) is 3.03. The van der Waals surface area contributed by atoms with Crippen LogP contribution in [0.3, 0.4) is 0 Å². The topological polar surface area (TPSA) is 80.8 Å². The number of aromatic nitrogens is 1. The zero-order valence-electron chi connectivity index (χ0n) is 17.1. The number of amides is 2. The lowest BCUT2D eigenvalue weighted by atomic mass is 10.0. The third-order valence-electron chi connectivity index (χ3n) is 4.44. The SMILES string of the molecule is CC(C)(C)OC(=O)N1CCC(NC(=O)c2cccc(Oc3ccccn3)c2)CC1. The summed E-state index contributed by atoms with van der Waals surface area (Å²) < 4.78 is 11.1. The van der Waals surface area contributed by atoms with Crippen molar-refractivity contribution in [2.24, 2.45) is 0 Å². The summed E-state index contributed by atoms with van der Waals surface area (Å²) in [5.41, 5.74) is 0.0119. The molecular weight excluding hydrogens is 370 g/mol. The molecule has 1 saturated heterocycles. The third kappa shape index (κ3) is 6.20. The van der Waals surface area contributed by atoms with Gasteiger partial charge in [0.15, 0.2) is 0 Å². The van der Waals surface area contributed by atoms with Crippen LogP contribution in [0.5, 0.6) is 11.6 Å². The molecule has 0 atom stereocenters. The summed E-state index contributed by atoms with van der Waals surface area (Å²) in [5, 5.41) is 3.05. The minimum absolute atomic E-state index is 0.0153. The van der Waals surface area contributed by atoms with Crippen molar-refractivity contribution in [2.75, 3.05) is 13.1 Å². The number of carbonyl (C=O) groups is 2. The highest BCUT2D eigenvalue weighted by Crippen LogP contribution is 2.21. The number of carbonyl (C=O) groups excluding carboxylic acids is 2. The van der Waals surface area contributed by atoms with Crippen LogP contribution in [-0.4, -0.2) is 46.6 Å². The predicted molar refractivity (Wildman–Crippen MR) is 109 cm³/mol. The fourth-order valence-corrected chi connectivity index (χ4v) is 3.03. The van der Waals surface area contributed by atoms with E-state index in [2.05, 4.69) is 10.3 Å². The van der Waals surface area contributed by atoms with Crippen LogP contribution in [0, 0.1) is 0 Å². The zero-order chi connectivity index (χ0) is 20.9. The molecule has 2 amide bonds. The van der Waals surface area contributed by atoms with Gasteiger partial charge in [-0.2, -0.15) is 0 Å². The van der Waals surface area contributed by atoms with Crippen molar-refractivity contribution >= 4 is 12.0 Å². The van der Waals surface area contributed by atoms with Gasteiger partial charge in [0, 0.05) is 37.0 Å². The number of likely N-dealkylation sites (tertiary alicyclic amines) is 1. The normalized spacial score (nSPS) is 14.9. The predicted octanol–water partition coefficient (Wildman–Crippen LogP) is 4.00. The number of nitrogens with one attached hydrogen (secondary N) is 1. The average molecular weight is 397 g/mol. The second-order valence-corrected chi connectivity index (χ2v) is 8.01. The van der Waals surface area contributed by atoms with E-state index in [4.69, 9.17) is 9.47 Å². The molecule has 7 heteroatoms. The molecule has 1 fully saturated rings. The number of ether oxygens (including phenoxy) is 2. The Labute approximate surface area is 171 Å². The summed E-state index contributed by atoms with van der Waals surface area (Å²) in [6.07, 6.45) is 2.72. The van der Waals surface area contributed by atoms with E-state index in [1.807, 2.05) is 32.9 Å². The molecule has 0 spiro atoms. The van der Waals surface area contributed by atoms with Crippen LogP contribution in [0.1, 0.15) is 44.0 Å². The molecule has 7 nitrogen and oxygen atoms in total. The summed E-state index contributed by atoms with van der Waals surface area (Å²) >= 11 is 0. The van der Waals surface area contributed by atoms with Gasteiger partial charge < -0.3 is 19.7 Å². The van der Waals surface area contributed by atoms with Gasteiger partial charge in [-0.1, -0.05) is 12.1 Å². The Morgan fingerprint density at radius 2 is 1.86 bits per heavy atom. The van der Waals surface area contributed by atoms with Crippen LogP contribution >= 0.6 is 0 Å². The van der Waals surface area contributed by atoms with Crippen LogP contribution in [0.2, 0.25) is 0 Å². The number of pyridine rings is 1. The molecule has 29 heavy (non-hydrogen) atoms. The Kier molecular flexibility index (Phi) is 6.36. The monoisotopic (exact) mass is 397 g/mol. The number of hydrogen-bond acceptors (Lipinski definition) is 5.